The summed E-state index contributed by atoms with van der Waals surface area (Å²) in [5.41, 5.74) is 0.905. The number of aromatic nitrogens is 2. The minimum Gasteiger partial charge on any atom is -0.372 e. The zero-order valence-corrected chi connectivity index (χ0v) is 18.4. The van der Waals surface area contributed by atoms with Crippen molar-refractivity contribution in [3.8, 4) is 0 Å². The Labute approximate surface area is 183 Å². The molecular weight excluding hydrogens is 427 g/mol. The number of fused-ring (bicyclic) bond motifs is 1. The van der Waals surface area contributed by atoms with Gasteiger partial charge in [0, 0.05) is 23.7 Å². The van der Waals surface area contributed by atoms with E-state index in [4.69, 9.17) is 0 Å². The third-order valence-electron chi connectivity index (χ3n) is 5.99. The van der Waals surface area contributed by atoms with Crippen LogP contribution < -0.4 is 15.5 Å². The summed E-state index contributed by atoms with van der Waals surface area (Å²) in [6.07, 6.45) is -2.98. The molecule has 0 amide bonds. The SMILES string of the molecule is Cc1nc(NC[C@H]2C[C@H](Sc3ccc(C(F)(F)F)cc3)C2)nc2c1NC(O)[C@H](C)N2C. The van der Waals surface area contributed by atoms with Gasteiger partial charge in [-0.05, 0) is 56.9 Å². The van der Waals surface area contributed by atoms with E-state index >= 15 is 0 Å². The van der Waals surface area contributed by atoms with E-state index in [-0.39, 0.29) is 6.04 Å². The van der Waals surface area contributed by atoms with Crippen LogP contribution in [0.3, 0.4) is 0 Å². The topological polar surface area (TPSA) is 73.3 Å². The van der Waals surface area contributed by atoms with Gasteiger partial charge in [-0.2, -0.15) is 18.2 Å². The van der Waals surface area contributed by atoms with E-state index in [0.29, 0.717) is 17.1 Å². The molecule has 2 heterocycles. The molecule has 3 N–H and O–H groups in total. The second kappa shape index (κ2) is 8.38. The Kier molecular flexibility index (Phi) is 5.95. The first-order valence-electron chi connectivity index (χ1n) is 10.3. The van der Waals surface area contributed by atoms with Crippen LogP contribution in [0.4, 0.5) is 30.6 Å². The third kappa shape index (κ3) is 4.69. The second-order valence-electron chi connectivity index (χ2n) is 8.25. The van der Waals surface area contributed by atoms with Gasteiger partial charge in [0.1, 0.15) is 11.9 Å². The van der Waals surface area contributed by atoms with Crippen molar-refractivity contribution in [1.82, 2.24) is 9.97 Å². The predicted octanol–water partition coefficient (Wildman–Crippen LogP) is 4.36. The normalized spacial score (nSPS) is 25.5. The molecule has 0 saturated heterocycles. The first kappa shape index (κ1) is 22.0. The standard InChI is InChI=1S/C21H26F3N5OS/c1-11-17-18(29(3)12(2)19(30)27-17)28-20(26-11)25-10-13-8-16(9-13)31-15-6-4-14(5-7-15)21(22,23)24/h4-7,12-13,16,19,27,30H,8-10H2,1-3H3,(H,25,26,28)/t12-,13-,16-,19?/m0/s1. The number of hydrogen-bond acceptors (Lipinski definition) is 7. The average Bonchev–Trinajstić information content (AvgIpc) is 2.68. The Morgan fingerprint density at radius 3 is 2.55 bits per heavy atom. The number of thioether (sulfide) groups is 1. The number of alkyl halides is 3. The minimum absolute atomic E-state index is 0.107. The molecule has 10 heteroatoms. The van der Waals surface area contributed by atoms with Gasteiger partial charge in [-0.1, -0.05) is 0 Å². The maximum atomic E-state index is 12.7. The van der Waals surface area contributed by atoms with E-state index in [9.17, 15) is 18.3 Å². The quantitative estimate of drug-likeness (QED) is 0.621. The highest BCUT2D eigenvalue weighted by Gasteiger charge is 2.33. The van der Waals surface area contributed by atoms with Gasteiger partial charge in [0.05, 0.1) is 17.3 Å². The number of likely N-dealkylation sites (N-methyl/N-ethyl adjacent to an activating group) is 1. The van der Waals surface area contributed by atoms with E-state index in [1.54, 1.807) is 23.9 Å². The molecule has 1 aliphatic carbocycles. The predicted molar refractivity (Wildman–Crippen MR) is 117 cm³/mol. The number of halogens is 3. The molecule has 1 aliphatic heterocycles. The first-order valence-corrected chi connectivity index (χ1v) is 11.1. The van der Waals surface area contributed by atoms with Crippen LogP contribution in [0.25, 0.3) is 0 Å². The van der Waals surface area contributed by atoms with Gasteiger partial charge in [-0.25, -0.2) is 4.98 Å². The molecule has 1 aromatic carbocycles. The van der Waals surface area contributed by atoms with Gasteiger partial charge in [-0.15, -0.1) is 11.8 Å². The van der Waals surface area contributed by atoms with E-state index in [1.807, 2.05) is 25.8 Å². The van der Waals surface area contributed by atoms with E-state index in [1.165, 1.54) is 0 Å². The molecule has 6 nitrogen and oxygen atoms in total. The van der Waals surface area contributed by atoms with Crippen molar-refractivity contribution in [1.29, 1.82) is 0 Å². The van der Waals surface area contributed by atoms with Gasteiger partial charge in [0.25, 0.3) is 0 Å². The lowest BCUT2D eigenvalue weighted by atomic mass is 9.85. The van der Waals surface area contributed by atoms with Crippen LogP contribution >= 0.6 is 11.8 Å². The third-order valence-corrected chi connectivity index (χ3v) is 7.25. The lowest BCUT2D eigenvalue weighted by molar-refractivity contribution is -0.137. The number of hydrogen-bond donors (Lipinski definition) is 3. The summed E-state index contributed by atoms with van der Waals surface area (Å²) in [5, 5.41) is 16.9. The Bertz CT molecular complexity index is 934. The highest BCUT2D eigenvalue weighted by molar-refractivity contribution is 8.00. The molecule has 31 heavy (non-hydrogen) atoms. The molecule has 2 atom stereocenters. The number of nitrogens with zero attached hydrogens (tertiary/aromatic N) is 3. The highest BCUT2D eigenvalue weighted by atomic mass is 32.2. The second-order valence-corrected chi connectivity index (χ2v) is 9.63. The summed E-state index contributed by atoms with van der Waals surface area (Å²) in [5.74, 6) is 1.80. The van der Waals surface area contributed by atoms with Crippen molar-refractivity contribution in [3.63, 3.8) is 0 Å². The van der Waals surface area contributed by atoms with Crippen molar-refractivity contribution in [2.24, 2.45) is 5.92 Å². The molecule has 2 aromatic rings. The molecule has 1 saturated carbocycles. The fourth-order valence-electron chi connectivity index (χ4n) is 3.82. The molecular formula is C21H26F3N5OS. The fraction of sp³-hybridized carbons (Fsp3) is 0.524. The molecule has 4 rings (SSSR count). The fourth-order valence-corrected chi connectivity index (χ4v) is 5.24. The van der Waals surface area contributed by atoms with Crippen molar-refractivity contribution >= 4 is 29.2 Å². The Hall–Kier alpha value is -2.20. The van der Waals surface area contributed by atoms with Crippen LogP contribution in [-0.2, 0) is 6.18 Å². The number of aliphatic hydroxyl groups excluding tert-OH is 1. The van der Waals surface area contributed by atoms with E-state index < -0.39 is 18.0 Å². The van der Waals surface area contributed by atoms with Crippen LogP contribution in [-0.4, -0.2) is 46.2 Å². The smallest absolute Gasteiger partial charge is 0.372 e. The average molecular weight is 454 g/mol. The lowest BCUT2D eigenvalue weighted by Gasteiger charge is -2.38. The van der Waals surface area contributed by atoms with Crippen LogP contribution in [0, 0.1) is 12.8 Å². The van der Waals surface area contributed by atoms with Crippen molar-refractivity contribution in [3.05, 3.63) is 35.5 Å². The molecule has 0 radical (unpaired) electrons. The van der Waals surface area contributed by atoms with Gasteiger partial charge >= 0.3 is 6.18 Å². The number of rotatable bonds is 5. The van der Waals surface area contributed by atoms with E-state index in [2.05, 4.69) is 20.6 Å². The molecule has 0 bridgehead atoms. The van der Waals surface area contributed by atoms with Crippen molar-refractivity contribution in [2.75, 3.05) is 29.1 Å². The molecule has 0 spiro atoms. The van der Waals surface area contributed by atoms with Gasteiger partial charge in [0.2, 0.25) is 5.95 Å². The summed E-state index contributed by atoms with van der Waals surface area (Å²) in [6.45, 7) is 4.56. The van der Waals surface area contributed by atoms with Crippen molar-refractivity contribution in [2.45, 2.75) is 55.3 Å². The summed E-state index contributed by atoms with van der Waals surface area (Å²) < 4.78 is 38.0. The number of aryl methyl sites for hydroxylation is 1. The highest BCUT2D eigenvalue weighted by Crippen LogP contribution is 2.41. The monoisotopic (exact) mass is 453 g/mol. The Morgan fingerprint density at radius 2 is 1.90 bits per heavy atom. The van der Waals surface area contributed by atoms with Gasteiger partial charge in [0.15, 0.2) is 5.82 Å². The molecule has 1 aromatic heterocycles. The largest absolute Gasteiger partial charge is 0.416 e. The Balaban J connectivity index is 1.29. The lowest BCUT2D eigenvalue weighted by Crippen LogP contribution is -2.48. The summed E-state index contributed by atoms with van der Waals surface area (Å²) in [4.78, 5) is 11.9. The minimum atomic E-state index is -4.30. The zero-order chi connectivity index (χ0) is 22.3. The molecule has 1 fully saturated rings. The number of anilines is 3. The summed E-state index contributed by atoms with van der Waals surface area (Å²) in [6, 6.07) is 5.27. The zero-order valence-electron chi connectivity index (χ0n) is 17.6. The number of aliphatic hydroxyl groups is 1. The maximum absolute atomic E-state index is 12.7. The van der Waals surface area contributed by atoms with Gasteiger partial charge in [-0.3, -0.25) is 0 Å². The van der Waals surface area contributed by atoms with Crippen LogP contribution in [0.2, 0.25) is 0 Å². The van der Waals surface area contributed by atoms with Crippen LogP contribution in [0.5, 0.6) is 0 Å². The van der Waals surface area contributed by atoms with Crippen LogP contribution in [0.1, 0.15) is 31.0 Å². The number of nitrogens with one attached hydrogen (secondary N) is 2. The molecule has 1 unspecified atom stereocenters. The van der Waals surface area contributed by atoms with Crippen molar-refractivity contribution < 1.29 is 18.3 Å². The van der Waals surface area contributed by atoms with E-state index in [0.717, 1.165) is 53.6 Å². The number of benzene rings is 1. The van der Waals surface area contributed by atoms with Gasteiger partial charge < -0.3 is 20.6 Å². The maximum Gasteiger partial charge on any atom is 0.416 e. The summed E-state index contributed by atoms with van der Waals surface area (Å²) in [7, 11) is 1.90. The van der Waals surface area contributed by atoms with Crippen LogP contribution in [0.15, 0.2) is 29.2 Å². The Morgan fingerprint density at radius 1 is 1.23 bits per heavy atom. The molecule has 168 valence electrons. The molecule has 2 aliphatic rings. The first-order chi connectivity index (χ1) is 14.6. The summed E-state index contributed by atoms with van der Waals surface area (Å²) >= 11 is 1.63.